The topological polar surface area (TPSA) is 44.8 Å². The van der Waals surface area contributed by atoms with Gasteiger partial charge in [-0.3, -0.25) is 9.69 Å². The summed E-state index contributed by atoms with van der Waals surface area (Å²) < 4.78 is 5.54. The van der Waals surface area contributed by atoms with E-state index >= 15 is 0 Å². The molecule has 1 N–H and O–H groups in total. The minimum absolute atomic E-state index is 0.124. The molecule has 1 unspecified atom stereocenters. The highest BCUT2D eigenvalue weighted by molar-refractivity contribution is 5.84. The predicted octanol–water partition coefficient (Wildman–Crippen LogP) is 4.05. The van der Waals surface area contributed by atoms with E-state index in [0.29, 0.717) is 6.04 Å². The lowest BCUT2D eigenvalue weighted by atomic mass is 9.93. The highest BCUT2D eigenvalue weighted by atomic mass is 16.5. The van der Waals surface area contributed by atoms with Crippen molar-refractivity contribution in [2.24, 2.45) is 0 Å². The monoisotopic (exact) mass is 421 g/mol. The highest BCUT2D eigenvalue weighted by Gasteiger charge is 2.28. The van der Waals surface area contributed by atoms with Crippen LogP contribution in [0, 0.1) is 0 Å². The number of carbonyl (C=O) groups excluding carboxylic acids is 1. The number of nitrogens with zero attached hydrogens (tertiary/aromatic N) is 2. The van der Waals surface area contributed by atoms with Gasteiger partial charge in [0.1, 0.15) is 5.75 Å². The van der Waals surface area contributed by atoms with Gasteiger partial charge in [0.05, 0.1) is 18.7 Å². The Hall–Kier alpha value is -2.53. The number of hydrogen-bond donors (Lipinski definition) is 1. The lowest BCUT2D eigenvalue weighted by Crippen LogP contribution is -2.49. The minimum atomic E-state index is -0.124. The van der Waals surface area contributed by atoms with E-state index in [2.05, 4.69) is 39.4 Å². The molecule has 166 valence electrons. The number of piperazine rings is 1. The minimum Gasteiger partial charge on any atom is -0.495 e. The van der Waals surface area contributed by atoms with E-state index in [0.717, 1.165) is 62.6 Å². The van der Waals surface area contributed by atoms with Gasteiger partial charge >= 0.3 is 0 Å². The zero-order chi connectivity index (χ0) is 21.5. The van der Waals surface area contributed by atoms with Crippen molar-refractivity contribution in [3.8, 4) is 5.75 Å². The van der Waals surface area contributed by atoms with Crippen LogP contribution >= 0.6 is 0 Å². The SMILES string of the molecule is COc1ccccc1N1CCN(CC(C(=O)NC2CCCCC2)c2ccccc2)CC1. The van der Waals surface area contributed by atoms with E-state index < -0.39 is 0 Å². The van der Waals surface area contributed by atoms with Gasteiger partial charge in [0.2, 0.25) is 5.91 Å². The quantitative estimate of drug-likeness (QED) is 0.733. The van der Waals surface area contributed by atoms with E-state index in [9.17, 15) is 4.79 Å². The van der Waals surface area contributed by atoms with Crippen LogP contribution in [-0.4, -0.2) is 56.7 Å². The van der Waals surface area contributed by atoms with E-state index in [-0.39, 0.29) is 11.8 Å². The molecule has 5 nitrogen and oxygen atoms in total. The van der Waals surface area contributed by atoms with Crippen LogP contribution in [0.5, 0.6) is 5.75 Å². The van der Waals surface area contributed by atoms with Gasteiger partial charge in [0.25, 0.3) is 0 Å². The first kappa shape index (κ1) is 21.7. The van der Waals surface area contributed by atoms with Gasteiger partial charge in [-0.25, -0.2) is 0 Å². The normalized spacial score (nSPS) is 19.1. The predicted molar refractivity (Wildman–Crippen MR) is 126 cm³/mol. The molecule has 1 aliphatic carbocycles. The van der Waals surface area contributed by atoms with Crippen LogP contribution in [0.3, 0.4) is 0 Å². The fraction of sp³-hybridized carbons (Fsp3) is 0.500. The van der Waals surface area contributed by atoms with Crippen LogP contribution in [0.2, 0.25) is 0 Å². The van der Waals surface area contributed by atoms with Crippen molar-refractivity contribution in [3.05, 3.63) is 60.2 Å². The molecule has 2 aromatic carbocycles. The third-order valence-corrected chi connectivity index (χ3v) is 6.71. The second kappa shape index (κ2) is 10.7. The molecule has 1 saturated carbocycles. The molecule has 1 saturated heterocycles. The summed E-state index contributed by atoms with van der Waals surface area (Å²) in [6, 6.07) is 18.8. The number of anilines is 1. The van der Waals surface area contributed by atoms with Gasteiger partial charge < -0.3 is 15.0 Å². The van der Waals surface area contributed by atoms with E-state index in [1.54, 1.807) is 7.11 Å². The van der Waals surface area contributed by atoms with Crippen LogP contribution in [0.15, 0.2) is 54.6 Å². The summed E-state index contributed by atoms with van der Waals surface area (Å²) in [6.45, 7) is 4.52. The molecule has 31 heavy (non-hydrogen) atoms. The van der Waals surface area contributed by atoms with E-state index in [1.807, 2.05) is 30.3 Å². The maximum Gasteiger partial charge on any atom is 0.229 e. The fourth-order valence-electron chi connectivity index (χ4n) is 4.89. The average Bonchev–Trinajstić information content (AvgIpc) is 2.84. The summed E-state index contributed by atoms with van der Waals surface area (Å²) >= 11 is 0. The molecule has 0 spiro atoms. The second-order valence-corrected chi connectivity index (χ2v) is 8.77. The number of benzene rings is 2. The van der Waals surface area contributed by atoms with E-state index in [4.69, 9.17) is 4.74 Å². The fourth-order valence-corrected chi connectivity index (χ4v) is 4.89. The van der Waals surface area contributed by atoms with Gasteiger partial charge in [-0.05, 0) is 30.5 Å². The van der Waals surface area contributed by atoms with Crippen molar-refractivity contribution in [3.63, 3.8) is 0 Å². The summed E-state index contributed by atoms with van der Waals surface area (Å²) in [7, 11) is 1.73. The Morgan fingerprint density at radius 3 is 2.35 bits per heavy atom. The number of carbonyl (C=O) groups is 1. The van der Waals surface area contributed by atoms with Crippen LogP contribution in [0.4, 0.5) is 5.69 Å². The van der Waals surface area contributed by atoms with Crippen molar-refractivity contribution in [2.75, 3.05) is 44.7 Å². The number of methoxy groups -OCH3 is 1. The van der Waals surface area contributed by atoms with Gasteiger partial charge in [-0.1, -0.05) is 61.7 Å². The third kappa shape index (κ3) is 5.59. The maximum atomic E-state index is 13.3. The molecule has 1 amide bonds. The summed E-state index contributed by atoms with van der Waals surface area (Å²) in [4.78, 5) is 18.1. The third-order valence-electron chi connectivity index (χ3n) is 6.71. The molecule has 1 atom stereocenters. The number of rotatable bonds is 7. The molecular weight excluding hydrogens is 386 g/mol. The molecule has 0 aromatic heterocycles. The van der Waals surface area contributed by atoms with Crippen LogP contribution in [0.1, 0.15) is 43.6 Å². The zero-order valence-corrected chi connectivity index (χ0v) is 18.6. The van der Waals surface area contributed by atoms with Gasteiger partial charge in [0.15, 0.2) is 0 Å². The standard InChI is InChI=1S/C26H35N3O2/c1-31-25-15-9-8-14-24(25)29-18-16-28(17-19-29)20-23(21-10-4-2-5-11-21)26(30)27-22-12-6-3-7-13-22/h2,4-5,8-11,14-15,22-23H,3,6-7,12-13,16-20H2,1H3,(H,27,30). The summed E-state index contributed by atoms with van der Waals surface area (Å²) in [5.74, 6) is 0.983. The molecule has 0 bridgehead atoms. The average molecular weight is 422 g/mol. The van der Waals surface area contributed by atoms with Crippen LogP contribution in [-0.2, 0) is 4.79 Å². The maximum absolute atomic E-state index is 13.3. The zero-order valence-electron chi connectivity index (χ0n) is 18.6. The lowest BCUT2D eigenvalue weighted by Gasteiger charge is -2.38. The Balaban J connectivity index is 1.40. The molecule has 2 fully saturated rings. The Labute approximate surface area is 186 Å². The van der Waals surface area contributed by atoms with E-state index in [1.165, 1.54) is 19.3 Å². The molecule has 1 aliphatic heterocycles. The van der Waals surface area contributed by atoms with Crippen molar-refractivity contribution < 1.29 is 9.53 Å². The number of nitrogens with one attached hydrogen (secondary N) is 1. The van der Waals surface area contributed by atoms with Gasteiger partial charge in [0, 0.05) is 38.8 Å². The van der Waals surface area contributed by atoms with Crippen LogP contribution < -0.4 is 15.0 Å². The Morgan fingerprint density at radius 2 is 1.65 bits per heavy atom. The molecule has 4 rings (SSSR count). The largest absolute Gasteiger partial charge is 0.495 e. The Kier molecular flexibility index (Phi) is 7.47. The molecular formula is C26H35N3O2. The highest BCUT2D eigenvalue weighted by Crippen LogP contribution is 2.29. The molecule has 1 heterocycles. The smallest absolute Gasteiger partial charge is 0.229 e. The van der Waals surface area contributed by atoms with Crippen molar-refractivity contribution >= 4 is 11.6 Å². The lowest BCUT2D eigenvalue weighted by molar-refractivity contribution is -0.124. The van der Waals surface area contributed by atoms with Crippen molar-refractivity contribution in [1.82, 2.24) is 10.2 Å². The number of para-hydroxylation sites is 2. The molecule has 5 heteroatoms. The summed E-state index contributed by atoms with van der Waals surface area (Å²) in [5.41, 5.74) is 2.27. The number of ether oxygens (including phenoxy) is 1. The first-order valence-corrected chi connectivity index (χ1v) is 11.7. The number of amides is 1. The second-order valence-electron chi connectivity index (χ2n) is 8.77. The number of hydrogen-bond acceptors (Lipinski definition) is 4. The summed E-state index contributed by atoms with van der Waals surface area (Å²) in [5, 5.41) is 3.36. The molecule has 2 aliphatic rings. The first-order valence-electron chi connectivity index (χ1n) is 11.7. The van der Waals surface area contributed by atoms with Crippen molar-refractivity contribution in [2.45, 2.75) is 44.1 Å². The first-order chi connectivity index (χ1) is 15.2. The van der Waals surface area contributed by atoms with Gasteiger partial charge in [-0.2, -0.15) is 0 Å². The van der Waals surface area contributed by atoms with Crippen LogP contribution in [0.25, 0.3) is 0 Å². The summed E-state index contributed by atoms with van der Waals surface area (Å²) in [6.07, 6.45) is 5.98. The van der Waals surface area contributed by atoms with Crippen molar-refractivity contribution in [1.29, 1.82) is 0 Å². The van der Waals surface area contributed by atoms with Gasteiger partial charge in [-0.15, -0.1) is 0 Å². The Bertz CT molecular complexity index is 828. The Morgan fingerprint density at radius 1 is 0.968 bits per heavy atom. The molecule has 2 aromatic rings. The molecule has 0 radical (unpaired) electrons.